The number of carbonyl (C=O) groups is 1. The summed E-state index contributed by atoms with van der Waals surface area (Å²) in [7, 11) is 0. The van der Waals surface area contributed by atoms with Crippen LogP contribution in [0.15, 0.2) is 0 Å². The van der Waals surface area contributed by atoms with Crippen LogP contribution in [-0.2, 0) is 4.79 Å². The van der Waals surface area contributed by atoms with Gasteiger partial charge in [-0.3, -0.25) is 4.79 Å². The number of nitrogens with one attached hydrogen (secondary N) is 1. The molecule has 3 rings (SSSR count). The quantitative estimate of drug-likeness (QED) is 0.809. The summed E-state index contributed by atoms with van der Waals surface area (Å²) in [5.41, 5.74) is 0. The van der Waals surface area contributed by atoms with Crippen molar-refractivity contribution in [1.82, 2.24) is 10.2 Å². The standard InChI is InChI=1S/C15H26N2O/c1-2-8-17(10-11-6-7-11)15(18)14-13-5-3-4-12(13)9-16-14/h11-14,16H,2-10H2,1H3. The van der Waals surface area contributed by atoms with Crippen molar-refractivity contribution in [2.45, 2.75) is 51.5 Å². The molecule has 3 nitrogen and oxygen atoms in total. The van der Waals surface area contributed by atoms with Crippen LogP contribution >= 0.6 is 0 Å². The highest BCUT2D eigenvalue weighted by molar-refractivity contribution is 5.82. The summed E-state index contributed by atoms with van der Waals surface area (Å²) < 4.78 is 0. The van der Waals surface area contributed by atoms with Crippen molar-refractivity contribution in [2.75, 3.05) is 19.6 Å². The van der Waals surface area contributed by atoms with Crippen molar-refractivity contribution in [3.8, 4) is 0 Å². The maximum atomic E-state index is 12.7. The van der Waals surface area contributed by atoms with E-state index in [0.29, 0.717) is 11.8 Å². The van der Waals surface area contributed by atoms with Gasteiger partial charge in [0.1, 0.15) is 0 Å². The number of nitrogens with zero attached hydrogens (tertiary/aromatic N) is 1. The lowest BCUT2D eigenvalue weighted by atomic mass is 9.93. The van der Waals surface area contributed by atoms with E-state index in [1.807, 2.05) is 0 Å². The van der Waals surface area contributed by atoms with Gasteiger partial charge < -0.3 is 10.2 Å². The second-order valence-electron chi connectivity index (χ2n) is 6.47. The lowest BCUT2D eigenvalue weighted by Gasteiger charge is -2.28. The molecule has 18 heavy (non-hydrogen) atoms. The molecule has 0 aromatic rings. The van der Waals surface area contributed by atoms with Crippen LogP contribution in [0.25, 0.3) is 0 Å². The van der Waals surface area contributed by atoms with Crippen molar-refractivity contribution in [2.24, 2.45) is 17.8 Å². The molecule has 1 saturated heterocycles. The van der Waals surface area contributed by atoms with Gasteiger partial charge in [0, 0.05) is 13.1 Å². The fourth-order valence-electron chi connectivity index (χ4n) is 3.83. The molecule has 102 valence electrons. The van der Waals surface area contributed by atoms with Gasteiger partial charge in [-0.05, 0) is 56.4 Å². The van der Waals surface area contributed by atoms with Crippen molar-refractivity contribution >= 4 is 5.91 Å². The number of fused-ring (bicyclic) bond motifs is 1. The molecular weight excluding hydrogens is 224 g/mol. The zero-order chi connectivity index (χ0) is 12.5. The number of hydrogen-bond donors (Lipinski definition) is 1. The molecule has 1 amide bonds. The van der Waals surface area contributed by atoms with E-state index in [0.717, 1.165) is 37.9 Å². The Hall–Kier alpha value is -0.570. The van der Waals surface area contributed by atoms with Crippen LogP contribution in [0.5, 0.6) is 0 Å². The third kappa shape index (κ3) is 2.42. The topological polar surface area (TPSA) is 32.3 Å². The lowest BCUT2D eigenvalue weighted by molar-refractivity contribution is -0.134. The molecule has 1 N–H and O–H groups in total. The van der Waals surface area contributed by atoms with Crippen LogP contribution in [0.1, 0.15) is 45.4 Å². The SMILES string of the molecule is CCCN(CC1CC1)C(=O)C1NCC2CCCC21. The maximum Gasteiger partial charge on any atom is 0.240 e. The summed E-state index contributed by atoms with van der Waals surface area (Å²) in [5.74, 6) is 2.62. The molecule has 2 aliphatic carbocycles. The fraction of sp³-hybridized carbons (Fsp3) is 0.933. The summed E-state index contributed by atoms with van der Waals surface area (Å²) in [6, 6.07) is 0.141. The average molecular weight is 250 g/mol. The molecular formula is C15H26N2O. The molecule has 3 heteroatoms. The Balaban J connectivity index is 1.63. The molecule has 0 radical (unpaired) electrons. The van der Waals surface area contributed by atoms with Gasteiger partial charge in [0.05, 0.1) is 6.04 Å². The largest absolute Gasteiger partial charge is 0.341 e. The van der Waals surface area contributed by atoms with Gasteiger partial charge in [0.15, 0.2) is 0 Å². The highest BCUT2D eigenvalue weighted by atomic mass is 16.2. The van der Waals surface area contributed by atoms with Gasteiger partial charge in [-0.1, -0.05) is 13.3 Å². The predicted octanol–water partition coefficient (Wildman–Crippen LogP) is 2.02. The second-order valence-corrected chi connectivity index (χ2v) is 6.47. The lowest BCUT2D eigenvalue weighted by Crippen LogP contribution is -2.47. The minimum Gasteiger partial charge on any atom is -0.341 e. The predicted molar refractivity (Wildman–Crippen MR) is 72.2 cm³/mol. The van der Waals surface area contributed by atoms with Crippen LogP contribution < -0.4 is 5.32 Å². The zero-order valence-electron chi connectivity index (χ0n) is 11.5. The summed E-state index contributed by atoms with van der Waals surface area (Å²) in [6.07, 6.45) is 7.67. The third-order valence-electron chi connectivity index (χ3n) is 4.99. The van der Waals surface area contributed by atoms with E-state index in [-0.39, 0.29) is 6.04 Å². The molecule has 1 heterocycles. The van der Waals surface area contributed by atoms with Gasteiger partial charge >= 0.3 is 0 Å². The molecule has 3 aliphatic rings. The first-order valence-electron chi connectivity index (χ1n) is 7.81. The summed E-state index contributed by atoms with van der Waals surface area (Å²) in [6.45, 7) is 5.21. The molecule has 3 unspecified atom stereocenters. The first kappa shape index (κ1) is 12.5. The summed E-state index contributed by atoms with van der Waals surface area (Å²) in [4.78, 5) is 14.9. The highest BCUT2D eigenvalue weighted by Gasteiger charge is 2.44. The van der Waals surface area contributed by atoms with E-state index in [4.69, 9.17) is 0 Å². The monoisotopic (exact) mass is 250 g/mol. The van der Waals surface area contributed by atoms with Crippen LogP contribution in [0.2, 0.25) is 0 Å². The van der Waals surface area contributed by atoms with Crippen molar-refractivity contribution in [3.63, 3.8) is 0 Å². The van der Waals surface area contributed by atoms with Crippen LogP contribution in [0.3, 0.4) is 0 Å². The average Bonchev–Trinajstić information content (AvgIpc) is 2.90. The smallest absolute Gasteiger partial charge is 0.240 e. The first-order chi connectivity index (χ1) is 8.79. The fourth-order valence-corrected chi connectivity index (χ4v) is 3.83. The maximum absolute atomic E-state index is 12.7. The van der Waals surface area contributed by atoms with Crippen LogP contribution in [0, 0.1) is 17.8 Å². The van der Waals surface area contributed by atoms with Crippen LogP contribution in [-0.4, -0.2) is 36.5 Å². The number of rotatable bonds is 5. The molecule has 0 bridgehead atoms. The van der Waals surface area contributed by atoms with Gasteiger partial charge in [-0.2, -0.15) is 0 Å². The van der Waals surface area contributed by atoms with E-state index in [1.54, 1.807) is 0 Å². The van der Waals surface area contributed by atoms with Crippen molar-refractivity contribution in [3.05, 3.63) is 0 Å². The Bertz CT molecular complexity index is 314. The van der Waals surface area contributed by atoms with E-state index in [2.05, 4.69) is 17.1 Å². The highest BCUT2D eigenvalue weighted by Crippen LogP contribution is 2.38. The molecule has 3 fully saturated rings. The van der Waals surface area contributed by atoms with Gasteiger partial charge in [0.2, 0.25) is 5.91 Å². The van der Waals surface area contributed by atoms with E-state index >= 15 is 0 Å². The molecule has 0 aromatic carbocycles. The van der Waals surface area contributed by atoms with Crippen molar-refractivity contribution < 1.29 is 4.79 Å². The van der Waals surface area contributed by atoms with E-state index in [1.165, 1.54) is 32.1 Å². The van der Waals surface area contributed by atoms with Crippen LogP contribution in [0.4, 0.5) is 0 Å². The Morgan fingerprint density at radius 2 is 2.11 bits per heavy atom. The Morgan fingerprint density at radius 3 is 2.83 bits per heavy atom. The molecule has 0 aromatic heterocycles. The van der Waals surface area contributed by atoms with Gasteiger partial charge in [0.25, 0.3) is 0 Å². The minimum absolute atomic E-state index is 0.141. The molecule has 1 aliphatic heterocycles. The third-order valence-corrected chi connectivity index (χ3v) is 4.99. The molecule has 2 saturated carbocycles. The minimum atomic E-state index is 0.141. The normalized spacial score (nSPS) is 34.6. The van der Waals surface area contributed by atoms with Gasteiger partial charge in [-0.25, -0.2) is 0 Å². The first-order valence-corrected chi connectivity index (χ1v) is 7.81. The molecule has 3 atom stereocenters. The van der Waals surface area contributed by atoms with Crippen molar-refractivity contribution in [1.29, 1.82) is 0 Å². The van der Waals surface area contributed by atoms with E-state index in [9.17, 15) is 4.79 Å². The molecule has 0 spiro atoms. The number of amides is 1. The second kappa shape index (κ2) is 5.20. The Kier molecular flexibility index (Phi) is 3.60. The Morgan fingerprint density at radius 1 is 1.28 bits per heavy atom. The summed E-state index contributed by atoms with van der Waals surface area (Å²) >= 11 is 0. The number of hydrogen-bond acceptors (Lipinski definition) is 2. The van der Waals surface area contributed by atoms with E-state index < -0.39 is 0 Å². The number of carbonyl (C=O) groups excluding carboxylic acids is 1. The zero-order valence-corrected chi connectivity index (χ0v) is 11.5. The Labute approximate surface area is 110 Å². The summed E-state index contributed by atoms with van der Waals surface area (Å²) in [5, 5.41) is 3.50. The van der Waals surface area contributed by atoms with Gasteiger partial charge in [-0.15, -0.1) is 0 Å².